The molecule has 0 saturated heterocycles. The van der Waals surface area contributed by atoms with Crippen LogP contribution in [0.3, 0.4) is 0 Å². The minimum absolute atomic E-state index is 0.106. The Morgan fingerprint density at radius 3 is 2.69 bits per heavy atom. The molecular weight excluding hydrogens is 348 g/mol. The van der Waals surface area contributed by atoms with E-state index >= 15 is 0 Å². The van der Waals surface area contributed by atoms with Crippen LogP contribution in [-0.4, -0.2) is 25.8 Å². The highest BCUT2D eigenvalue weighted by Gasteiger charge is 2.15. The van der Waals surface area contributed by atoms with Crippen LogP contribution in [0.25, 0.3) is 17.0 Å². The lowest BCUT2D eigenvalue weighted by molar-refractivity contribution is -0.384. The Morgan fingerprint density at radius 2 is 2.04 bits per heavy atom. The first-order chi connectivity index (χ1) is 12.3. The molecule has 1 heterocycles. The van der Waals surface area contributed by atoms with Crippen molar-refractivity contribution < 1.29 is 23.6 Å². The van der Waals surface area contributed by atoms with Gasteiger partial charge in [-0.3, -0.25) is 14.8 Å². The Kier molecular flexibility index (Phi) is 4.44. The number of hydrogen-bond donors (Lipinski definition) is 1. The van der Waals surface area contributed by atoms with Crippen molar-refractivity contribution in [3.05, 3.63) is 75.5 Å². The molecule has 0 atom stereocenters. The maximum Gasteiger partial charge on any atom is 0.328 e. The number of carboxylic acids is 1. The van der Waals surface area contributed by atoms with Gasteiger partial charge in [-0.05, 0) is 18.2 Å². The Morgan fingerprint density at radius 1 is 1.27 bits per heavy atom. The number of fused-ring (bicyclic) bond motifs is 1. The van der Waals surface area contributed by atoms with Gasteiger partial charge < -0.3 is 5.11 Å². The summed E-state index contributed by atoms with van der Waals surface area (Å²) in [6.07, 6.45) is 2.13. The number of nitrogens with zero attached hydrogens (tertiary/aromatic N) is 3. The van der Waals surface area contributed by atoms with Crippen LogP contribution in [-0.2, 0) is 11.3 Å². The van der Waals surface area contributed by atoms with Crippen molar-refractivity contribution in [1.29, 1.82) is 0 Å². The second-order valence-corrected chi connectivity index (χ2v) is 5.41. The van der Waals surface area contributed by atoms with E-state index in [1.165, 1.54) is 35.0 Å². The van der Waals surface area contributed by atoms with Crippen LogP contribution in [0.15, 0.2) is 42.5 Å². The van der Waals surface area contributed by atoms with Gasteiger partial charge in [0.2, 0.25) is 0 Å². The molecule has 0 bridgehead atoms. The second kappa shape index (κ2) is 6.71. The van der Waals surface area contributed by atoms with Crippen LogP contribution >= 0.6 is 0 Å². The Bertz CT molecular complexity index is 1060. The highest BCUT2D eigenvalue weighted by molar-refractivity contribution is 5.93. The van der Waals surface area contributed by atoms with Gasteiger partial charge in [0.05, 0.1) is 22.7 Å². The number of carbonyl (C=O) groups is 1. The maximum absolute atomic E-state index is 13.9. The minimum atomic E-state index is -1.18. The second-order valence-electron chi connectivity index (χ2n) is 5.41. The average Bonchev–Trinajstić information content (AvgIpc) is 2.92. The number of non-ortho nitro benzene ring substituents is 1. The Labute approximate surface area is 144 Å². The summed E-state index contributed by atoms with van der Waals surface area (Å²) < 4.78 is 28.3. The maximum atomic E-state index is 13.9. The molecule has 0 radical (unpaired) electrons. The Balaban J connectivity index is 2.14. The summed E-state index contributed by atoms with van der Waals surface area (Å²) in [6, 6.07) is 7.06. The summed E-state index contributed by atoms with van der Waals surface area (Å²) in [4.78, 5) is 21.2. The van der Waals surface area contributed by atoms with E-state index in [-0.39, 0.29) is 23.5 Å². The van der Waals surface area contributed by atoms with Crippen LogP contribution in [0.4, 0.5) is 14.5 Å². The molecule has 1 aromatic heterocycles. The number of nitro benzene ring substituents is 1. The van der Waals surface area contributed by atoms with Crippen LogP contribution in [0.2, 0.25) is 0 Å². The van der Waals surface area contributed by atoms with Crippen molar-refractivity contribution >= 4 is 28.6 Å². The highest BCUT2D eigenvalue weighted by Crippen LogP contribution is 2.26. The normalized spacial score (nSPS) is 11.3. The number of benzene rings is 2. The molecule has 0 unspecified atom stereocenters. The molecule has 0 aliphatic rings. The van der Waals surface area contributed by atoms with Gasteiger partial charge in [-0.25, -0.2) is 13.6 Å². The van der Waals surface area contributed by atoms with E-state index in [1.54, 1.807) is 0 Å². The molecule has 0 fully saturated rings. The van der Waals surface area contributed by atoms with E-state index in [0.29, 0.717) is 10.9 Å². The van der Waals surface area contributed by atoms with Crippen molar-refractivity contribution in [3.8, 4) is 0 Å². The summed E-state index contributed by atoms with van der Waals surface area (Å²) in [5, 5.41) is 24.5. The molecule has 3 rings (SSSR count). The standard InChI is InChI=1S/C17H11F2N3O4/c18-11-2-1-10(14(19)7-11)9-21-16-8-12(22(25)26)3-4-13(16)15(20-21)5-6-17(23)24/h1-8H,9H2,(H,23,24). The van der Waals surface area contributed by atoms with Gasteiger partial charge in [0.1, 0.15) is 11.6 Å². The number of hydrogen-bond acceptors (Lipinski definition) is 4. The quantitative estimate of drug-likeness (QED) is 0.428. The molecular formula is C17H11F2N3O4. The molecule has 7 nitrogen and oxygen atoms in total. The summed E-state index contributed by atoms with van der Waals surface area (Å²) >= 11 is 0. The number of carboxylic acid groups (broad SMARTS) is 1. The largest absolute Gasteiger partial charge is 0.478 e. The van der Waals surface area contributed by atoms with Crippen molar-refractivity contribution in [2.75, 3.05) is 0 Å². The van der Waals surface area contributed by atoms with E-state index in [4.69, 9.17) is 5.11 Å². The zero-order chi connectivity index (χ0) is 18.8. The van der Waals surface area contributed by atoms with Gasteiger partial charge in [0.15, 0.2) is 0 Å². The number of nitro groups is 1. The molecule has 2 aromatic carbocycles. The van der Waals surface area contributed by atoms with Gasteiger partial charge in [-0.1, -0.05) is 6.07 Å². The van der Waals surface area contributed by atoms with E-state index in [2.05, 4.69) is 5.10 Å². The smallest absolute Gasteiger partial charge is 0.328 e. The SMILES string of the molecule is O=C(O)C=Cc1nn(Cc2ccc(F)cc2F)c2cc([N+](=O)[O-])ccc12. The molecule has 0 saturated carbocycles. The van der Waals surface area contributed by atoms with Crippen LogP contribution in [0.1, 0.15) is 11.3 Å². The van der Waals surface area contributed by atoms with Crippen LogP contribution in [0, 0.1) is 21.7 Å². The summed E-state index contributed by atoms with van der Waals surface area (Å²) in [5.74, 6) is -2.68. The first-order valence-electron chi connectivity index (χ1n) is 7.35. The summed E-state index contributed by atoms with van der Waals surface area (Å²) in [7, 11) is 0. The van der Waals surface area contributed by atoms with E-state index in [0.717, 1.165) is 18.2 Å². The fraction of sp³-hybridized carbons (Fsp3) is 0.0588. The molecule has 3 aromatic rings. The monoisotopic (exact) mass is 359 g/mol. The molecule has 1 N–H and O–H groups in total. The van der Waals surface area contributed by atoms with Gasteiger partial charge in [-0.2, -0.15) is 5.10 Å². The van der Waals surface area contributed by atoms with E-state index in [1.807, 2.05) is 0 Å². The molecule has 0 spiro atoms. The lowest BCUT2D eigenvalue weighted by Gasteiger charge is -2.05. The molecule has 9 heteroatoms. The zero-order valence-corrected chi connectivity index (χ0v) is 13.1. The van der Waals surface area contributed by atoms with E-state index < -0.39 is 22.5 Å². The first kappa shape index (κ1) is 17.2. The van der Waals surface area contributed by atoms with Gasteiger partial charge in [0, 0.05) is 35.2 Å². The van der Waals surface area contributed by atoms with Gasteiger partial charge >= 0.3 is 5.97 Å². The Hall–Kier alpha value is -3.62. The minimum Gasteiger partial charge on any atom is -0.478 e. The van der Waals surface area contributed by atoms with Gasteiger partial charge in [0.25, 0.3) is 5.69 Å². The average molecular weight is 359 g/mol. The van der Waals surface area contributed by atoms with Crippen LogP contribution < -0.4 is 0 Å². The molecule has 26 heavy (non-hydrogen) atoms. The highest BCUT2D eigenvalue weighted by atomic mass is 19.1. The number of rotatable bonds is 5. The zero-order valence-electron chi connectivity index (χ0n) is 13.1. The lowest BCUT2D eigenvalue weighted by atomic mass is 10.1. The fourth-order valence-corrected chi connectivity index (χ4v) is 2.51. The first-order valence-corrected chi connectivity index (χ1v) is 7.35. The molecule has 0 aliphatic carbocycles. The van der Waals surface area contributed by atoms with Crippen molar-refractivity contribution in [3.63, 3.8) is 0 Å². The molecule has 0 aliphatic heterocycles. The van der Waals surface area contributed by atoms with Crippen molar-refractivity contribution in [2.24, 2.45) is 0 Å². The topological polar surface area (TPSA) is 98.3 Å². The third-order valence-corrected chi connectivity index (χ3v) is 3.69. The van der Waals surface area contributed by atoms with Crippen molar-refractivity contribution in [2.45, 2.75) is 6.54 Å². The number of aromatic nitrogens is 2. The fourth-order valence-electron chi connectivity index (χ4n) is 2.51. The third kappa shape index (κ3) is 3.41. The molecule has 0 amide bonds. The number of halogens is 2. The van der Waals surface area contributed by atoms with Crippen molar-refractivity contribution in [1.82, 2.24) is 9.78 Å². The number of aliphatic carboxylic acids is 1. The lowest BCUT2D eigenvalue weighted by Crippen LogP contribution is -2.04. The predicted octanol–water partition coefficient (Wildman–Crippen LogP) is 3.37. The van der Waals surface area contributed by atoms with Gasteiger partial charge in [-0.15, -0.1) is 0 Å². The van der Waals surface area contributed by atoms with Crippen LogP contribution in [0.5, 0.6) is 0 Å². The predicted molar refractivity (Wildman–Crippen MR) is 88.5 cm³/mol. The summed E-state index contributed by atoms with van der Waals surface area (Å²) in [5.41, 5.74) is 0.538. The molecule has 132 valence electrons. The van der Waals surface area contributed by atoms with E-state index in [9.17, 15) is 23.7 Å². The summed E-state index contributed by atoms with van der Waals surface area (Å²) in [6.45, 7) is -0.106. The third-order valence-electron chi connectivity index (χ3n) is 3.69.